The summed E-state index contributed by atoms with van der Waals surface area (Å²) in [7, 11) is 0. The van der Waals surface area contributed by atoms with Gasteiger partial charge in [0.15, 0.2) is 5.60 Å². The zero-order valence-electron chi connectivity index (χ0n) is 13.5. The van der Waals surface area contributed by atoms with Crippen LogP contribution in [-0.4, -0.2) is 35.4 Å². The van der Waals surface area contributed by atoms with E-state index in [1.54, 1.807) is 6.92 Å². The summed E-state index contributed by atoms with van der Waals surface area (Å²) in [6, 6.07) is 7.90. The average molecular weight is 318 g/mol. The van der Waals surface area contributed by atoms with Crippen molar-refractivity contribution in [2.75, 3.05) is 6.61 Å². The minimum atomic E-state index is -1.81. The number of rotatable bonds is 6. The van der Waals surface area contributed by atoms with Crippen LogP contribution in [0.1, 0.15) is 31.4 Å². The number of hydrogen-bond acceptors (Lipinski definition) is 5. The minimum absolute atomic E-state index is 0.0449. The van der Waals surface area contributed by atoms with Gasteiger partial charge in [-0.3, -0.25) is 0 Å². The molecule has 5 nitrogen and oxygen atoms in total. The van der Waals surface area contributed by atoms with Crippen molar-refractivity contribution in [2.45, 2.75) is 44.8 Å². The second-order valence-corrected chi connectivity index (χ2v) is 5.98. The average Bonchev–Trinajstić information content (AvgIpc) is 2.89. The number of fused-ring (bicyclic) bond motifs is 1. The molecule has 0 saturated carbocycles. The molecule has 1 aromatic carbocycles. The summed E-state index contributed by atoms with van der Waals surface area (Å²) in [5, 5.41) is 10.3. The lowest BCUT2D eigenvalue weighted by Crippen LogP contribution is -2.40. The highest BCUT2D eigenvalue weighted by Crippen LogP contribution is 2.26. The summed E-state index contributed by atoms with van der Waals surface area (Å²) in [6.07, 6.45) is 0.764. The second kappa shape index (κ2) is 6.96. The molecule has 1 N–H and O–H groups in total. The van der Waals surface area contributed by atoms with Crippen LogP contribution < -0.4 is 0 Å². The van der Waals surface area contributed by atoms with Gasteiger partial charge in [0.1, 0.15) is 6.10 Å². The molecule has 1 aromatic rings. The van der Waals surface area contributed by atoms with E-state index in [9.17, 15) is 14.7 Å². The lowest BCUT2D eigenvalue weighted by Gasteiger charge is -2.24. The normalized spacial score (nSPS) is 16.3. The molecule has 0 bridgehead atoms. The van der Waals surface area contributed by atoms with Gasteiger partial charge in [-0.15, -0.1) is 0 Å². The van der Waals surface area contributed by atoms with Crippen molar-refractivity contribution in [3.63, 3.8) is 0 Å². The van der Waals surface area contributed by atoms with Crippen LogP contribution in [0.25, 0.3) is 0 Å². The molecule has 1 aliphatic carbocycles. The van der Waals surface area contributed by atoms with Crippen LogP contribution in [0.4, 0.5) is 0 Å². The van der Waals surface area contributed by atoms with Crippen molar-refractivity contribution in [2.24, 2.45) is 0 Å². The predicted molar refractivity (Wildman–Crippen MR) is 84.7 cm³/mol. The van der Waals surface area contributed by atoms with Gasteiger partial charge in [-0.1, -0.05) is 30.8 Å². The van der Waals surface area contributed by atoms with Crippen LogP contribution in [0.15, 0.2) is 36.4 Å². The van der Waals surface area contributed by atoms with E-state index in [0.29, 0.717) is 12.8 Å². The number of carbonyl (C=O) groups excluding carboxylic acids is 2. The Balaban J connectivity index is 1.92. The van der Waals surface area contributed by atoms with E-state index in [2.05, 4.69) is 6.58 Å². The molecule has 5 heteroatoms. The summed E-state index contributed by atoms with van der Waals surface area (Å²) in [5.41, 5.74) is 0.545. The maximum Gasteiger partial charge on any atom is 0.338 e. The Morgan fingerprint density at radius 2 is 1.87 bits per heavy atom. The maximum atomic E-state index is 12.2. The Bertz CT molecular complexity index is 593. The first-order chi connectivity index (χ1) is 10.8. The molecule has 0 aromatic heterocycles. The van der Waals surface area contributed by atoms with Crippen LogP contribution >= 0.6 is 0 Å². The minimum Gasteiger partial charge on any atom is -0.463 e. The predicted octanol–water partition coefficient (Wildman–Crippen LogP) is 1.96. The van der Waals surface area contributed by atoms with Crippen LogP contribution in [0.3, 0.4) is 0 Å². The quantitative estimate of drug-likeness (QED) is 0.641. The lowest BCUT2D eigenvalue weighted by molar-refractivity contribution is -0.169. The Labute approximate surface area is 135 Å². The third-order valence-electron chi connectivity index (χ3n) is 3.85. The maximum absolute atomic E-state index is 12.2. The Morgan fingerprint density at radius 1 is 1.30 bits per heavy atom. The number of carbonyl (C=O) groups is 2. The van der Waals surface area contributed by atoms with Gasteiger partial charge in [0.2, 0.25) is 0 Å². The molecule has 0 saturated heterocycles. The molecule has 0 heterocycles. The highest BCUT2D eigenvalue weighted by atomic mass is 16.6. The van der Waals surface area contributed by atoms with E-state index in [1.165, 1.54) is 6.92 Å². The van der Waals surface area contributed by atoms with Gasteiger partial charge >= 0.3 is 11.9 Å². The van der Waals surface area contributed by atoms with Gasteiger partial charge < -0.3 is 14.6 Å². The number of ether oxygens (including phenoxy) is 2. The summed E-state index contributed by atoms with van der Waals surface area (Å²) in [5.74, 6) is -1.37. The molecule has 2 rings (SSSR count). The largest absolute Gasteiger partial charge is 0.463 e. The summed E-state index contributed by atoms with van der Waals surface area (Å²) in [6.45, 7) is 6.77. The van der Waals surface area contributed by atoms with Crippen LogP contribution in [0.5, 0.6) is 0 Å². The van der Waals surface area contributed by atoms with E-state index in [-0.39, 0.29) is 24.7 Å². The van der Waals surface area contributed by atoms with E-state index < -0.39 is 17.5 Å². The zero-order valence-corrected chi connectivity index (χ0v) is 13.5. The molecule has 1 aliphatic rings. The monoisotopic (exact) mass is 318 g/mol. The smallest absolute Gasteiger partial charge is 0.338 e. The Morgan fingerprint density at radius 3 is 2.39 bits per heavy atom. The Kier molecular flexibility index (Phi) is 5.21. The van der Waals surface area contributed by atoms with E-state index in [0.717, 1.165) is 11.1 Å². The van der Waals surface area contributed by atoms with Crippen molar-refractivity contribution in [3.05, 3.63) is 47.5 Å². The van der Waals surface area contributed by atoms with Gasteiger partial charge in [0.25, 0.3) is 0 Å². The summed E-state index contributed by atoms with van der Waals surface area (Å²) < 4.78 is 10.2. The van der Waals surface area contributed by atoms with Crippen molar-refractivity contribution in [3.8, 4) is 0 Å². The fourth-order valence-corrected chi connectivity index (χ4v) is 2.67. The molecule has 1 unspecified atom stereocenters. The molecule has 0 fully saturated rings. The molecule has 23 heavy (non-hydrogen) atoms. The molecule has 0 aliphatic heterocycles. The first kappa shape index (κ1) is 17.2. The fourth-order valence-electron chi connectivity index (χ4n) is 2.67. The van der Waals surface area contributed by atoms with Crippen molar-refractivity contribution >= 4 is 11.9 Å². The van der Waals surface area contributed by atoms with Gasteiger partial charge in [0.05, 0.1) is 6.61 Å². The SMILES string of the molecule is C=C(CC(C)(O)C(=O)OC1Cc2ccccc2C1)C(=O)OCC. The second-order valence-electron chi connectivity index (χ2n) is 5.98. The van der Waals surface area contributed by atoms with E-state index in [1.807, 2.05) is 24.3 Å². The zero-order chi connectivity index (χ0) is 17.0. The number of benzene rings is 1. The molecule has 124 valence electrons. The molecular formula is C18H22O5. The van der Waals surface area contributed by atoms with Gasteiger partial charge in [-0.2, -0.15) is 0 Å². The van der Waals surface area contributed by atoms with E-state index in [4.69, 9.17) is 9.47 Å². The van der Waals surface area contributed by atoms with Crippen molar-refractivity contribution < 1.29 is 24.2 Å². The highest BCUT2D eigenvalue weighted by Gasteiger charge is 2.37. The van der Waals surface area contributed by atoms with Crippen LogP contribution in [-0.2, 0) is 31.9 Å². The topological polar surface area (TPSA) is 72.8 Å². The number of aliphatic hydroxyl groups is 1. The molecule has 1 atom stereocenters. The Hall–Kier alpha value is -2.14. The standard InChI is InChI=1S/C18H22O5/c1-4-22-16(19)12(2)11-18(3,21)17(20)23-15-9-13-7-5-6-8-14(13)10-15/h5-8,15,21H,2,4,9-11H2,1,3H3. The fraction of sp³-hybridized carbons (Fsp3) is 0.444. The third kappa shape index (κ3) is 4.20. The lowest BCUT2D eigenvalue weighted by atomic mass is 9.97. The summed E-state index contributed by atoms with van der Waals surface area (Å²) in [4.78, 5) is 23.8. The number of hydrogen-bond donors (Lipinski definition) is 1. The first-order valence-corrected chi connectivity index (χ1v) is 7.68. The van der Waals surface area contributed by atoms with Crippen molar-refractivity contribution in [1.29, 1.82) is 0 Å². The van der Waals surface area contributed by atoms with Crippen LogP contribution in [0.2, 0.25) is 0 Å². The first-order valence-electron chi connectivity index (χ1n) is 7.68. The summed E-state index contributed by atoms with van der Waals surface area (Å²) >= 11 is 0. The van der Waals surface area contributed by atoms with Crippen LogP contribution in [0, 0.1) is 0 Å². The highest BCUT2D eigenvalue weighted by molar-refractivity contribution is 5.90. The number of esters is 2. The molecule has 0 radical (unpaired) electrons. The molecular weight excluding hydrogens is 296 g/mol. The van der Waals surface area contributed by atoms with Gasteiger partial charge in [-0.25, -0.2) is 9.59 Å². The third-order valence-corrected chi connectivity index (χ3v) is 3.85. The molecule has 0 spiro atoms. The van der Waals surface area contributed by atoms with Gasteiger partial charge in [-0.05, 0) is 25.0 Å². The van der Waals surface area contributed by atoms with E-state index >= 15 is 0 Å². The molecule has 0 amide bonds. The van der Waals surface area contributed by atoms with Gasteiger partial charge in [0, 0.05) is 24.8 Å². The van der Waals surface area contributed by atoms with Crippen molar-refractivity contribution in [1.82, 2.24) is 0 Å².